The molecule has 0 saturated carbocycles. The molecule has 6 heteroatoms. The van der Waals surface area contributed by atoms with E-state index in [0.717, 1.165) is 12.2 Å². The Morgan fingerprint density at radius 2 is 2.16 bits per heavy atom. The second kappa shape index (κ2) is 6.24. The summed E-state index contributed by atoms with van der Waals surface area (Å²) in [5.41, 5.74) is 1.54. The number of benzene rings is 1. The standard InChI is InChI=1S/C13H15ClN4O/c1-2-18-10(7-8-16-18)9-15-13(19)17-12-6-4-3-5-11(12)14/h3-8H,2,9H2,1H3,(H2,15,17,19). The Bertz CT molecular complexity index is 567. The zero-order valence-corrected chi connectivity index (χ0v) is 11.3. The lowest BCUT2D eigenvalue weighted by Gasteiger charge is -2.09. The van der Waals surface area contributed by atoms with Crippen molar-refractivity contribution in [2.75, 3.05) is 5.32 Å². The molecule has 0 radical (unpaired) electrons. The number of carbonyl (C=O) groups is 1. The third kappa shape index (κ3) is 3.48. The highest BCUT2D eigenvalue weighted by Crippen LogP contribution is 2.20. The Labute approximate surface area is 116 Å². The largest absolute Gasteiger partial charge is 0.332 e. The van der Waals surface area contributed by atoms with Crippen molar-refractivity contribution in [1.82, 2.24) is 15.1 Å². The maximum absolute atomic E-state index is 11.7. The molecule has 2 rings (SSSR count). The molecule has 0 aliphatic rings. The van der Waals surface area contributed by atoms with Gasteiger partial charge in [0.1, 0.15) is 0 Å². The first kappa shape index (κ1) is 13.4. The predicted molar refractivity (Wildman–Crippen MR) is 75.2 cm³/mol. The van der Waals surface area contributed by atoms with Crippen LogP contribution in [0.2, 0.25) is 5.02 Å². The third-order valence-electron chi connectivity index (χ3n) is 2.66. The summed E-state index contributed by atoms with van der Waals surface area (Å²) in [7, 11) is 0. The number of para-hydroxylation sites is 1. The van der Waals surface area contributed by atoms with Crippen LogP contribution in [0.3, 0.4) is 0 Å². The number of aryl methyl sites for hydroxylation is 1. The maximum Gasteiger partial charge on any atom is 0.319 e. The van der Waals surface area contributed by atoms with Crippen LogP contribution in [-0.2, 0) is 13.1 Å². The molecule has 0 bridgehead atoms. The lowest BCUT2D eigenvalue weighted by Crippen LogP contribution is -2.29. The van der Waals surface area contributed by atoms with E-state index in [2.05, 4.69) is 15.7 Å². The molecule has 0 aliphatic heterocycles. The number of anilines is 1. The van der Waals surface area contributed by atoms with Gasteiger partial charge < -0.3 is 10.6 Å². The van der Waals surface area contributed by atoms with Crippen LogP contribution in [0.1, 0.15) is 12.6 Å². The Kier molecular flexibility index (Phi) is 4.41. The summed E-state index contributed by atoms with van der Waals surface area (Å²) in [6.07, 6.45) is 1.71. The number of rotatable bonds is 4. The van der Waals surface area contributed by atoms with Gasteiger partial charge in [0.25, 0.3) is 0 Å². The number of halogens is 1. The van der Waals surface area contributed by atoms with Gasteiger partial charge in [-0.2, -0.15) is 5.10 Å². The third-order valence-corrected chi connectivity index (χ3v) is 2.99. The summed E-state index contributed by atoms with van der Waals surface area (Å²) in [5, 5.41) is 10.1. The van der Waals surface area contributed by atoms with Crippen molar-refractivity contribution < 1.29 is 4.79 Å². The van der Waals surface area contributed by atoms with E-state index in [1.807, 2.05) is 29.8 Å². The van der Waals surface area contributed by atoms with Crippen LogP contribution >= 0.6 is 11.6 Å². The van der Waals surface area contributed by atoms with Crippen LogP contribution in [0.5, 0.6) is 0 Å². The molecule has 0 saturated heterocycles. The van der Waals surface area contributed by atoms with Crippen molar-refractivity contribution in [1.29, 1.82) is 0 Å². The first-order chi connectivity index (χ1) is 9.20. The van der Waals surface area contributed by atoms with Crippen molar-refractivity contribution in [3.63, 3.8) is 0 Å². The Balaban J connectivity index is 1.90. The number of carbonyl (C=O) groups excluding carboxylic acids is 1. The van der Waals surface area contributed by atoms with Gasteiger partial charge in [0.2, 0.25) is 0 Å². The maximum atomic E-state index is 11.7. The van der Waals surface area contributed by atoms with Crippen LogP contribution in [-0.4, -0.2) is 15.8 Å². The topological polar surface area (TPSA) is 59.0 Å². The minimum Gasteiger partial charge on any atom is -0.332 e. The molecule has 1 aromatic heterocycles. The molecule has 1 heterocycles. The van der Waals surface area contributed by atoms with Gasteiger partial charge >= 0.3 is 6.03 Å². The molecule has 0 atom stereocenters. The Morgan fingerprint density at radius 3 is 2.89 bits per heavy atom. The van der Waals surface area contributed by atoms with Gasteiger partial charge in [-0.3, -0.25) is 4.68 Å². The van der Waals surface area contributed by atoms with Gasteiger partial charge in [-0.05, 0) is 25.1 Å². The predicted octanol–water partition coefficient (Wildman–Crippen LogP) is 2.88. The molecule has 2 amide bonds. The van der Waals surface area contributed by atoms with Gasteiger partial charge in [0.05, 0.1) is 22.9 Å². The Hall–Kier alpha value is -2.01. The SMILES string of the molecule is CCn1nccc1CNC(=O)Nc1ccccc1Cl. The number of nitrogens with one attached hydrogen (secondary N) is 2. The second-order valence-corrected chi connectivity index (χ2v) is 4.33. The molecular weight excluding hydrogens is 264 g/mol. The van der Waals surface area contributed by atoms with E-state index < -0.39 is 0 Å². The van der Waals surface area contributed by atoms with Gasteiger partial charge in [-0.15, -0.1) is 0 Å². The van der Waals surface area contributed by atoms with Crippen LogP contribution in [0, 0.1) is 0 Å². The summed E-state index contributed by atoms with van der Waals surface area (Å²) >= 11 is 5.96. The average Bonchev–Trinajstić information content (AvgIpc) is 2.86. The molecule has 0 spiro atoms. The zero-order chi connectivity index (χ0) is 13.7. The van der Waals surface area contributed by atoms with Crippen molar-refractivity contribution in [3.05, 3.63) is 47.2 Å². The van der Waals surface area contributed by atoms with Crippen molar-refractivity contribution in [2.24, 2.45) is 0 Å². The van der Waals surface area contributed by atoms with E-state index in [1.165, 1.54) is 0 Å². The number of hydrogen-bond acceptors (Lipinski definition) is 2. The van der Waals surface area contributed by atoms with E-state index in [4.69, 9.17) is 11.6 Å². The fourth-order valence-electron chi connectivity index (χ4n) is 1.69. The van der Waals surface area contributed by atoms with E-state index in [1.54, 1.807) is 18.3 Å². The van der Waals surface area contributed by atoms with E-state index in [-0.39, 0.29) is 6.03 Å². The number of urea groups is 1. The second-order valence-electron chi connectivity index (χ2n) is 3.93. The number of aromatic nitrogens is 2. The summed E-state index contributed by atoms with van der Waals surface area (Å²) in [6.45, 7) is 3.20. The highest BCUT2D eigenvalue weighted by Gasteiger charge is 2.06. The lowest BCUT2D eigenvalue weighted by molar-refractivity contribution is 0.251. The monoisotopic (exact) mass is 278 g/mol. The smallest absolute Gasteiger partial charge is 0.319 e. The molecule has 0 unspecified atom stereocenters. The molecule has 2 N–H and O–H groups in total. The van der Waals surface area contributed by atoms with Gasteiger partial charge in [0.15, 0.2) is 0 Å². The normalized spacial score (nSPS) is 10.2. The molecule has 1 aromatic carbocycles. The quantitative estimate of drug-likeness (QED) is 0.903. The minimum absolute atomic E-state index is 0.294. The molecular formula is C13H15ClN4O. The van der Waals surface area contributed by atoms with Gasteiger partial charge in [-0.25, -0.2) is 4.79 Å². The van der Waals surface area contributed by atoms with E-state index in [9.17, 15) is 4.79 Å². The summed E-state index contributed by atoms with van der Waals surface area (Å²) in [5.74, 6) is 0. The molecule has 2 aromatic rings. The fourth-order valence-corrected chi connectivity index (χ4v) is 1.88. The first-order valence-electron chi connectivity index (χ1n) is 6.00. The van der Waals surface area contributed by atoms with Crippen LogP contribution in [0.4, 0.5) is 10.5 Å². The van der Waals surface area contributed by atoms with Gasteiger partial charge in [0, 0.05) is 12.7 Å². The number of nitrogens with zero attached hydrogens (tertiary/aromatic N) is 2. The Morgan fingerprint density at radius 1 is 1.37 bits per heavy atom. The van der Waals surface area contributed by atoms with Crippen molar-refractivity contribution in [2.45, 2.75) is 20.0 Å². The summed E-state index contributed by atoms with van der Waals surface area (Å²) < 4.78 is 1.83. The van der Waals surface area contributed by atoms with Crippen LogP contribution in [0.15, 0.2) is 36.5 Å². The molecule has 100 valence electrons. The minimum atomic E-state index is -0.294. The van der Waals surface area contributed by atoms with Crippen LogP contribution < -0.4 is 10.6 Å². The van der Waals surface area contributed by atoms with Crippen molar-refractivity contribution in [3.8, 4) is 0 Å². The van der Waals surface area contributed by atoms with Crippen LogP contribution in [0.25, 0.3) is 0 Å². The lowest BCUT2D eigenvalue weighted by atomic mass is 10.3. The van der Waals surface area contributed by atoms with E-state index >= 15 is 0 Å². The molecule has 0 fully saturated rings. The highest BCUT2D eigenvalue weighted by molar-refractivity contribution is 6.33. The molecule has 0 aliphatic carbocycles. The van der Waals surface area contributed by atoms with Gasteiger partial charge in [-0.1, -0.05) is 23.7 Å². The number of amides is 2. The zero-order valence-electron chi connectivity index (χ0n) is 10.6. The average molecular weight is 279 g/mol. The molecule has 5 nitrogen and oxygen atoms in total. The fraction of sp³-hybridized carbons (Fsp3) is 0.231. The first-order valence-corrected chi connectivity index (χ1v) is 6.38. The summed E-state index contributed by atoms with van der Waals surface area (Å²) in [4.78, 5) is 11.7. The van der Waals surface area contributed by atoms with Crippen molar-refractivity contribution >= 4 is 23.3 Å². The molecule has 19 heavy (non-hydrogen) atoms. The number of hydrogen-bond donors (Lipinski definition) is 2. The van der Waals surface area contributed by atoms with E-state index in [0.29, 0.717) is 17.3 Å². The summed E-state index contributed by atoms with van der Waals surface area (Å²) in [6, 6.07) is 8.68. The highest BCUT2D eigenvalue weighted by atomic mass is 35.5.